The molecule has 0 radical (unpaired) electrons. The van der Waals surface area contributed by atoms with Gasteiger partial charge in [0.1, 0.15) is 0 Å². The number of hydrogen-bond acceptors (Lipinski definition) is 3. The van der Waals surface area contributed by atoms with Gasteiger partial charge in [-0.1, -0.05) is 18.2 Å². The van der Waals surface area contributed by atoms with Gasteiger partial charge in [-0.3, -0.25) is 4.79 Å². The number of hydrogen-bond donors (Lipinski definition) is 1. The molecule has 0 aliphatic heterocycles. The summed E-state index contributed by atoms with van der Waals surface area (Å²) in [6, 6.07) is 6.61. The minimum Gasteiger partial charge on any atom is -0.469 e. The van der Waals surface area contributed by atoms with Gasteiger partial charge in [-0.2, -0.15) is 0 Å². The highest BCUT2D eigenvalue weighted by atomic mass is 35.5. The molecule has 0 spiro atoms. The molecule has 0 fully saturated rings. The standard InChI is InChI=1S/C14H19NO2.ClH/c1-17-14(16)8-5-10-3-2-4-11-9-12(15)6-7-13(10)11;/h2-4,12H,5-9,15H2,1H3;1H. The van der Waals surface area contributed by atoms with Crippen LogP contribution in [0.2, 0.25) is 0 Å². The molecule has 1 aliphatic carbocycles. The molecule has 4 heteroatoms. The minimum atomic E-state index is -0.143. The molecular formula is C14H20ClNO2. The summed E-state index contributed by atoms with van der Waals surface area (Å²) in [7, 11) is 1.43. The lowest BCUT2D eigenvalue weighted by Crippen LogP contribution is -2.28. The number of methoxy groups -OCH3 is 1. The van der Waals surface area contributed by atoms with Gasteiger partial charge >= 0.3 is 5.97 Å². The smallest absolute Gasteiger partial charge is 0.305 e. The number of rotatable bonds is 3. The van der Waals surface area contributed by atoms with E-state index in [9.17, 15) is 4.79 Å². The van der Waals surface area contributed by atoms with Crippen molar-refractivity contribution in [2.75, 3.05) is 7.11 Å². The zero-order valence-electron chi connectivity index (χ0n) is 10.6. The van der Waals surface area contributed by atoms with Crippen LogP contribution in [0, 0.1) is 0 Å². The maximum atomic E-state index is 11.2. The third-order valence-corrected chi connectivity index (χ3v) is 3.44. The van der Waals surface area contributed by atoms with Gasteiger partial charge in [-0.25, -0.2) is 0 Å². The number of benzene rings is 1. The minimum absolute atomic E-state index is 0. The first-order valence-corrected chi connectivity index (χ1v) is 6.12. The molecule has 1 aromatic rings. The number of carbonyl (C=O) groups is 1. The fourth-order valence-corrected chi connectivity index (χ4v) is 2.49. The topological polar surface area (TPSA) is 52.3 Å². The van der Waals surface area contributed by atoms with E-state index in [4.69, 9.17) is 5.73 Å². The number of halogens is 1. The third kappa shape index (κ3) is 3.47. The number of aryl methyl sites for hydroxylation is 1. The average molecular weight is 270 g/mol. The molecule has 1 aliphatic rings. The lowest BCUT2D eigenvalue weighted by Gasteiger charge is -2.23. The summed E-state index contributed by atoms with van der Waals surface area (Å²) in [4.78, 5) is 11.2. The first-order chi connectivity index (χ1) is 8.20. The van der Waals surface area contributed by atoms with Crippen molar-refractivity contribution < 1.29 is 9.53 Å². The van der Waals surface area contributed by atoms with Gasteiger partial charge in [-0.15, -0.1) is 12.4 Å². The molecule has 1 atom stereocenters. The van der Waals surface area contributed by atoms with E-state index in [1.807, 2.05) is 0 Å². The van der Waals surface area contributed by atoms with Crippen molar-refractivity contribution in [3.8, 4) is 0 Å². The van der Waals surface area contributed by atoms with Crippen LogP contribution in [0.4, 0.5) is 0 Å². The molecule has 0 saturated carbocycles. The van der Waals surface area contributed by atoms with Crippen molar-refractivity contribution >= 4 is 18.4 Å². The maximum absolute atomic E-state index is 11.2. The maximum Gasteiger partial charge on any atom is 0.305 e. The van der Waals surface area contributed by atoms with Crippen LogP contribution < -0.4 is 5.73 Å². The highest BCUT2D eigenvalue weighted by molar-refractivity contribution is 5.85. The Morgan fingerprint density at radius 1 is 1.50 bits per heavy atom. The highest BCUT2D eigenvalue weighted by Gasteiger charge is 2.18. The Labute approximate surface area is 114 Å². The van der Waals surface area contributed by atoms with E-state index >= 15 is 0 Å². The second kappa shape index (κ2) is 6.76. The monoisotopic (exact) mass is 269 g/mol. The van der Waals surface area contributed by atoms with E-state index in [0.29, 0.717) is 12.5 Å². The quantitative estimate of drug-likeness (QED) is 0.855. The van der Waals surface area contributed by atoms with Gasteiger partial charge in [-0.05, 0) is 42.4 Å². The molecule has 1 unspecified atom stereocenters. The van der Waals surface area contributed by atoms with Crippen LogP contribution in [0.25, 0.3) is 0 Å². The molecule has 100 valence electrons. The van der Waals surface area contributed by atoms with E-state index in [0.717, 1.165) is 25.7 Å². The van der Waals surface area contributed by atoms with Crippen molar-refractivity contribution in [1.82, 2.24) is 0 Å². The summed E-state index contributed by atoms with van der Waals surface area (Å²) in [5.41, 5.74) is 10.0. The third-order valence-electron chi connectivity index (χ3n) is 3.44. The molecule has 0 saturated heterocycles. The number of fused-ring (bicyclic) bond motifs is 1. The summed E-state index contributed by atoms with van der Waals surface area (Å²) < 4.78 is 4.67. The van der Waals surface area contributed by atoms with E-state index in [2.05, 4.69) is 22.9 Å². The Morgan fingerprint density at radius 2 is 2.28 bits per heavy atom. The van der Waals surface area contributed by atoms with Crippen molar-refractivity contribution in [1.29, 1.82) is 0 Å². The fraction of sp³-hybridized carbons (Fsp3) is 0.500. The lowest BCUT2D eigenvalue weighted by atomic mass is 9.85. The molecule has 18 heavy (non-hydrogen) atoms. The van der Waals surface area contributed by atoms with Crippen molar-refractivity contribution in [3.63, 3.8) is 0 Å². The van der Waals surface area contributed by atoms with Gasteiger partial charge in [0.25, 0.3) is 0 Å². The summed E-state index contributed by atoms with van der Waals surface area (Å²) in [6.07, 6.45) is 4.27. The Hall–Kier alpha value is -1.06. The molecule has 3 nitrogen and oxygen atoms in total. The molecule has 0 amide bonds. The Bertz CT molecular complexity index is 420. The van der Waals surface area contributed by atoms with Gasteiger partial charge in [0.2, 0.25) is 0 Å². The molecule has 2 N–H and O–H groups in total. The molecule has 0 aromatic heterocycles. The Morgan fingerprint density at radius 3 is 3.00 bits per heavy atom. The van der Waals surface area contributed by atoms with Gasteiger partial charge < -0.3 is 10.5 Å². The number of ether oxygens (including phenoxy) is 1. The highest BCUT2D eigenvalue weighted by Crippen LogP contribution is 2.24. The summed E-state index contributed by atoms with van der Waals surface area (Å²) in [6.45, 7) is 0. The fourth-order valence-electron chi connectivity index (χ4n) is 2.49. The Kier molecular flexibility index (Phi) is 5.63. The second-order valence-electron chi connectivity index (χ2n) is 4.63. The van der Waals surface area contributed by atoms with Crippen LogP contribution in [-0.4, -0.2) is 19.1 Å². The van der Waals surface area contributed by atoms with E-state index in [1.165, 1.54) is 23.8 Å². The zero-order chi connectivity index (χ0) is 12.3. The van der Waals surface area contributed by atoms with Crippen LogP contribution in [0.1, 0.15) is 29.5 Å². The van der Waals surface area contributed by atoms with Gasteiger partial charge in [0.15, 0.2) is 0 Å². The first kappa shape index (κ1) is 15.0. The average Bonchev–Trinajstić information content (AvgIpc) is 2.35. The van der Waals surface area contributed by atoms with Crippen LogP contribution >= 0.6 is 12.4 Å². The van der Waals surface area contributed by atoms with Gasteiger partial charge in [0, 0.05) is 12.5 Å². The molecule has 2 rings (SSSR count). The zero-order valence-corrected chi connectivity index (χ0v) is 11.5. The van der Waals surface area contributed by atoms with Crippen molar-refractivity contribution in [3.05, 3.63) is 34.9 Å². The molecular weight excluding hydrogens is 250 g/mol. The van der Waals surface area contributed by atoms with E-state index in [-0.39, 0.29) is 18.4 Å². The summed E-state index contributed by atoms with van der Waals surface area (Å²) in [5.74, 6) is -0.143. The number of nitrogens with two attached hydrogens (primary N) is 1. The largest absolute Gasteiger partial charge is 0.469 e. The van der Waals surface area contributed by atoms with Crippen LogP contribution in [-0.2, 0) is 28.8 Å². The lowest BCUT2D eigenvalue weighted by molar-refractivity contribution is -0.140. The first-order valence-electron chi connectivity index (χ1n) is 6.12. The number of esters is 1. The van der Waals surface area contributed by atoms with Gasteiger partial charge in [0.05, 0.1) is 7.11 Å². The normalized spacial score (nSPS) is 17.6. The summed E-state index contributed by atoms with van der Waals surface area (Å²) >= 11 is 0. The second-order valence-corrected chi connectivity index (χ2v) is 4.63. The SMILES string of the molecule is COC(=O)CCc1cccc2c1CCC(N)C2.Cl. The predicted molar refractivity (Wildman–Crippen MR) is 74.0 cm³/mol. The van der Waals surface area contributed by atoms with Crippen LogP contribution in [0.3, 0.4) is 0 Å². The molecule has 0 bridgehead atoms. The van der Waals surface area contributed by atoms with Crippen molar-refractivity contribution in [2.45, 2.75) is 38.1 Å². The van der Waals surface area contributed by atoms with E-state index in [1.54, 1.807) is 0 Å². The molecule has 1 aromatic carbocycles. The van der Waals surface area contributed by atoms with E-state index < -0.39 is 0 Å². The molecule has 0 heterocycles. The van der Waals surface area contributed by atoms with Crippen LogP contribution in [0.5, 0.6) is 0 Å². The predicted octanol–water partition coefficient (Wildman–Crippen LogP) is 2.03. The summed E-state index contributed by atoms with van der Waals surface area (Å²) in [5, 5.41) is 0. The van der Waals surface area contributed by atoms with Crippen molar-refractivity contribution in [2.24, 2.45) is 5.73 Å². The number of carbonyl (C=O) groups excluding carboxylic acids is 1. The Balaban J connectivity index is 0.00000162. The van der Waals surface area contributed by atoms with Crippen LogP contribution in [0.15, 0.2) is 18.2 Å².